The van der Waals surface area contributed by atoms with Crippen LogP contribution in [0, 0.1) is 10.8 Å². The maximum absolute atomic E-state index is 12.7. The van der Waals surface area contributed by atoms with Gasteiger partial charge >= 0.3 is 11.9 Å². The second-order valence-electron chi connectivity index (χ2n) is 10.4. The van der Waals surface area contributed by atoms with Crippen molar-refractivity contribution in [2.75, 3.05) is 13.2 Å². The first kappa shape index (κ1) is 27.7. The van der Waals surface area contributed by atoms with Crippen LogP contribution < -0.4 is 5.32 Å². The summed E-state index contributed by atoms with van der Waals surface area (Å²) in [4.78, 5) is 37.3. The summed E-state index contributed by atoms with van der Waals surface area (Å²) in [5.41, 5.74) is 0.786. The third-order valence-corrected chi connectivity index (χ3v) is 5.14. The standard InChI is InChI=1S/C26H41NO5/c1-9-31-22(29)26(27-19(3)28,23(30)32-10-2)16-15-20-11-13-21(14-12-20)17-25(7,8)18-24(4,5)6/h11-14H,9-10,15-18H2,1-8H3,(H,27,28). The molecule has 6 nitrogen and oxygen atoms in total. The lowest BCUT2D eigenvalue weighted by Crippen LogP contribution is -2.61. The van der Waals surface area contributed by atoms with Gasteiger partial charge in [-0.3, -0.25) is 4.79 Å². The Morgan fingerprint density at radius 1 is 0.844 bits per heavy atom. The van der Waals surface area contributed by atoms with Gasteiger partial charge in [-0.25, -0.2) is 9.59 Å². The van der Waals surface area contributed by atoms with E-state index in [0.29, 0.717) is 6.42 Å². The number of amides is 1. The van der Waals surface area contributed by atoms with E-state index < -0.39 is 23.4 Å². The van der Waals surface area contributed by atoms with Crippen molar-refractivity contribution >= 4 is 17.8 Å². The van der Waals surface area contributed by atoms with Crippen LogP contribution in [0.25, 0.3) is 0 Å². The fourth-order valence-corrected chi connectivity index (χ4v) is 4.47. The van der Waals surface area contributed by atoms with Crippen LogP contribution in [0.15, 0.2) is 24.3 Å². The number of carbonyl (C=O) groups is 3. The van der Waals surface area contributed by atoms with E-state index >= 15 is 0 Å². The van der Waals surface area contributed by atoms with Crippen molar-refractivity contribution in [2.45, 2.75) is 86.6 Å². The highest BCUT2D eigenvalue weighted by atomic mass is 16.6. The average molecular weight is 448 g/mol. The SMILES string of the molecule is CCOC(=O)C(CCc1ccc(CC(C)(C)CC(C)(C)C)cc1)(NC(C)=O)C(=O)OCC. The summed E-state index contributed by atoms with van der Waals surface area (Å²) in [6.07, 6.45) is 2.54. The number of benzene rings is 1. The topological polar surface area (TPSA) is 81.7 Å². The molecule has 0 radical (unpaired) electrons. The molecule has 1 N–H and O–H groups in total. The van der Waals surface area contributed by atoms with E-state index in [-0.39, 0.29) is 30.5 Å². The fourth-order valence-electron chi connectivity index (χ4n) is 4.47. The van der Waals surface area contributed by atoms with Crippen LogP contribution in [0.1, 0.15) is 79.4 Å². The van der Waals surface area contributed by atoms with Crippen molar-refractivity contribution in [3.8, 4) is 0 Å². The van der Waals surface area contributed by atoms with Crippen molar-refractivity contribution < 1.29 is 23.9 Å². The molecule has 0 aromatic heterocycles. The van der Waals surface area contributed by atoms with Gasteiger partial charge in [0.25, 0.3) is 0 Å². The van der Waals surface area contributed by atoms with E-state index in [4.69, 9.17) is 9.47 Å². The Kier molecular flexibility index (Phi) is 9.93. The van der Waals surface area contributed by atoms with E-state index in [1.165, 1.54) is 12.5 Å². The van der Waals surface area contributed by atoms with Gasteiger partial charge in [-0.15, -0.1) is 0 Å². The summed E-state index contributed by atoms with van der Waals surface area (Å²) in [7, 11) is 0. The van der Waals surface area contributed by atoms with Crippen LogP contribution in [-0.2, 0) is 36.7 Å². The molecule has 180 valence electrons. The normalized spacial score (nSPS) is 12.2. The maximum Gasteiger partial charge on any atom is 0.343 e. The number of rotatable bonds is 11. The molecule has 1 rings (SSSR count). The number of aryl methyl sites for hydroxylation is 1. The minimum absolute atomic E-state index is 0.0547. The molecule has 0 aliphatic rings. The summed E-state index contributed by atoms with van der Waals surface area (Å²) < 4.78 is 10.2. The van der Waals surface area contributed by atoms with Crippen molar-refractivity contribution in [3.05, 3.63) is 35.4 Å². The van der Waals surface area contributed by atoms with Gasteiger partial charge in [-0.2, -0.15) is 0 Å². The second-order valence-corrected chi connectivity index (χ2v) is 10.4. The minimum atomic E-state index is -1.86. The molecule has 1 amide bonds. The quantitative estimate of drug-likeness (QED) is 0.395. The van der Waals surface area contributed by atoms with Crippen LogP contribution >= 0.6 is 0 Å². The first-order valence-corrected chi connectivity index (χ1v) is 11.5. The molecule has 1 aromatic rings. The van der Waals surface area contributed by atoms with Crippen LogP contribution in [0.4, 0.5) is 0 Å². The van der Waals surface area contributed by atoms with Crippen molar-refractivity contribution in [2.24, 2.45) is 10.8 Å². The number of hydrogen-bond donors (Lipinski definition) is 1. The van der Waals surface area contributed by atoms with Gasteiger partial charge in [0.2, 0.25) is 11.4 Å². The average Bonchev–Trinajstić information content (AvgIpc) is 2.64. The summed E-state index contributed by atoms with van der Waals surface area (Å²) in [5, 5.41) is 2.51. The summed E-state index contributed by atoms with van der Waals surface area (Å²) >= 11 is 0. The van der Waals surface area contributed by atoms with Gasteiger partial charge in [0, 0.05) is 6.92 Å². The molecule has 0 aliphatic carbocycles. The minimum Gasteiger partial charge on any atom is -0.464 e. The number of ether oxygens (including phenoxy) is 2. The van der Waals surface area contributed by atoms with Gasteiger partial charge in [-0.05, 0) is 61.5 Å². The van der Waals surface area contributed by atoms with E-state index in [2.05, 4.69) is 52.1 Å². The Balaban J connectivity index is 3.03. The zero-order valence-corrected chi connectivity index (χ0v) is 21.1. The second kappa shape index (κ2) is 11.5. The van der Waals surface area contributed by atoms with Crippen LogP contribution in [0.2, 0.25) is 0 Å². The molecule has 0 fully saturated rings. The van der Waals surface area contributed by atoms with Crippen LogP contribution in [0.5, 0.6) is 0 Å². The number of hydrogen-bond acceptors (Lipinski definition) is 5. The van der Waals surface area contributed by atoms with E-state index in [1.54, 1.807) is 13.8 Å². The summed E-state index contributed by atoms with van der Waals surface area (Å²) in [6.45, 7) is 16.1. The van der Waals surface area contributed by atoms with Gasteiger partial charge in [0.05, 0.1) is 13.2 Å². The Labute approximate surface area is 193 Å². The van der Waals surface area contributed by atoms with Crippen molar-refractivity contribution in [3.63, 3.8) is 0 Å². The van der Waals surface area contributed by atoms with Crippen LogP contribution in [-0.4, -0.2) is 36.6 Å². The van der Waals surface area contributed by atoms with Gasteiger partial charge in [0.15, 0.2) is 0 Å². The number of nitrogens with one attached hydrogen (secondary N) is 1. The fraction of sp³-hybridized carbons (Fsp3) is 0.654. The third-order valence-electron chi connectivity index (χ3n) is 5.14. The number of esters is 2. The predicted molar refractivity (Wildman–Crippen MR) is 126 cm³/mol. The smallest absolute Gasteiger partial charge is 0.343 e. The lowest BCUT2D eigenvalue weighted by atomic mass is 9.73. The largest absolute Gasteiger partial charge is 0.464 e. The van der Waals surface area contributed by atoms with Gasteiger partial charge < -0.3 is 14.8 Å². The molecule has 0 atom stereocenters. The highest BCUT2D eigenvalue weighted by Crippen LogP contribution is 2.35. The molecule has 0 bridgehead atoms. The molecule has 0 heterocycles. The Morgan fingerprint density at radius 2 is 1.31 bits per heavy atom. The molecule has 0 saturated carbocycles. The Hall–Kier alpha value is -2.37. The molecule has 1 aromatic carbocycles. The zero-order valence-electron chi connectivity index (χ0n) is 21.1. The summed E-state index contributed by atoms with van der Waals surface area (Å²) in [5.74, 6) is -2.09. The number of carbonyl (C=O) groups excluding carboxylic acids is 3. The zero-order chi connectivity index (χ0) is 24.6. The lowest BCUT2D eigenvalue weighted by molar-refractivity contribution is -0.168. The predicted octanol–water partition coefficient (Wildman–Crippen LogP) is 4.63. The van der Waals surface area contributed by atoms with E-state index in [0.717, 1.165) is 18.4 Å². The molecule has 6 heteroatoms. The van der Waals surface area contributed by atoms with Gasteiger partial charge in [-0.1, -0.05) is 58.9 Å². The first-order valence-electron chi connectivity index (χ1n) is 11.5. The van der Waals surface area contributed by atoms with Gasteiger partial charge in [0.1, 0.15) is 0 Å². The molecule has 0 saturated heterocycles. The Morgan fingerprint density at radius 3 is 1.72 bits per heavy atom. The molecule has 0 spiro atoms. The molecule has 0 unspecified atom stereocenters. The van der Waals surface area contributed by atoms with E-state index in [1.807, 2.05) is 12.1 Å². The lowest BCUT2D eigenvalue weighted by Gasteiger charge is -2.32. The van der Waals surface area contributed by atoms with E-state index in [9.17, 15) is 14.4 Å². The van der Waals surface area contributed by atoms with Crippen molar-refractivity contribution in [1.82, 2.24) is 5.32 Å². The van der Waals surface area contributed by atoms with Crippen molar-refractivity contribution in [1.29, 1.82) is 0 Å². The monoisotopic (exact) mass is 447 g/mol. The first-order chi connectivity index (χ1) is 14.7. The molecular formula is C26H41NO5. The molecule has 0 aliphatic heterocycles. The highest BCUT2D eigenvalue weighted by molar-refractivity contribution is 6.07. The highest BCUT2D eigenvalue weighted by Gasteiger charge is 2.49. The molecular weight excluding hydrogens is 406 g/mol. The van der Waals surface area contributed by atoms with Crippen LogP contribution in [0.3, 0.4) is 0 Å². The maximum atomic E-state index is 12.7. The third kappa shape index (κ3) is 8.64. The molecule has 32 heavy (non-hydrogen) atoms. The summed E-state index contributed by atoms with van der Waals surface area (Å²) in [6, 6.07) is 8.21. The Bertz CT molecular complexity index is 756.